The first kappa shape index (κ1) is 9.12. The van der Waals surface area contributed by atoms with Gasteiger partial charge in [0.15, 0.2) is 0 Å². The van der Waals surface area contributed by atoms with E-state index in [1.54, 1.807) is 0 Å². The van der Waals surface area contributed by atoms with E-state index in [0.717, 1.165) is 22.3 Å². The molecule has 0 radical (unpaired) electrons. The van der Waals surface area contributed by atoms with Gasteiger partial charge in [0.2, 0.25) is 0 Å². The molecule has 1 aliphatic rings. The molecule has 0 saturated heterocycles. The fraction of sp³-hybridized carbons (Fsp3) is 0.273. The van der Waals surface area contributed by atoms with Crippen molar-refractivity contribution in [1.29, 1.82) is 0 Å². The highest BCUT2D eigenvalue weighted by Gasteiger charge is 2.42. The van der Waals surface area contributed by atoms with E-state index in [1.807, 2.05) is 18.2 Å². The second-order valence-corrected chi connectivity index (χ2v) is 4.62. The number of rotatable bonds is 1. The van der Waals surface area contributed by atoms with E-state index >= 15 is 0 Å². The van der Waals surface area contributed by atoms with Gasteiger partial charge in [0.25, 0.3) is 0 Å². The van der Waals surface area contributed by atoms with Crippen LogP contribution in [-0.2, 0) is 5.41 Å². The van der Waals surface area contributed by atoms with Crippen LogP contribution in [0.4, 0.5) is 0 Å². The van der Waals surface area contributed by atoms with Gasteiger partial charge in [0.1, 0.15) is 0 Å². The molecule has 2 rings (SSSR count). The minimum atomic E-state index is 0.00705. The van der Waals surface area contributed by atoms with Gasteiger partial charge in [0.05, 0.1) is 10.4 Å². The molecular weight excluding hydrogens is 247 g/mol. The van der Waals surface area contributed by atoms with Gasteiger partial charge < -0.3 is 0 Å². The van der Waals surface area contributed by atoms with Gasteiger partial charge in [-0.25, -0.2) is 0 Å². The molecule has 2 heteroatoms. The van der Waals surface area contributed by atoms with Crippen LogP contribution < -0.4 is 0 Å². The predicted molar refractivity (Wildman–Crippen MR) is 58.9 cm³/mol. The third-order valence-corrected chi connectivity index (χ3v) is 3.71. The number of terminal acetylenes is 1. The molecule has 0 amide bonds. The van der Waals surface area contributed by atoms with Crippen LogP contribution in [0.3, 0.4) is 0 Å². The maximum absolute atomic E-state index is 5.90. The second-order valence-electron chi connectivity index (χ2n) is 3.36. The Labute approximate surface area is 91.4 Å². The molecule has 1 fully saturated rings. The number of hydrogen-bond donors (Lipinski definition) is 0. The Morgan fingerprint density at radius 1 is 1.46 bits per heavy atom. The van der Waals surface area contributed by atoms with Crippen LogP contribution in [-0.4, -0.2) is 0 Å². The molecule has 0 heterocycles. The lowest BCUT2D eigenvalue weighted by Gasteiger charge is -2.08. The van der Waals surface area contributed by atoms with E-state index in [-0.39, 0.29) is 5.41 Å². The van der Waals surface area contributed by atoms with Crippen LogP contribution in [0.5, 0.6) is 0 Å². The highest BCUT2D eigenvalue weighted by Crippen LogP contribution is 2.48. The smallest absolute Gasteiger partial charge is 0.0561 e. The predicted octanol–water partition coefficient (Wildman–Crippen LogP) is 3.77. The number of halogens is 2. The molecule has 1 saturated carbocycles. The summed E-state index contributed by atoms with van der Waals surface area (Å²) < 4.78 is 0.924. The molecular formula is C11H8BrCl. The van der Waals surface area contributed by atoms with E-state index in [4.69, 9.17) is 18.0 Å². The zero-order valence-corrected chi connectivity index (χ0v) is 9.32. The van der Waals surface area contributed by atoms with Crippen molar-refractivity contribution in [1.82, 2.24) is 0 Å². The average molecular weight is 256 g/mol. The monoisotopic (exact) mass is 254 g/mol. The summed E-state index contributed by atoms with van der Waals surface area (Å²) >= 11 is 9.29. The van der Waals surface area contributed by atoms with E-state index in [1.165, 1.54) is 5.56 Å². The maximum atomic E-state index is 5.90. The van der Waals surface area contributed by atoms with Crippen LogP contribution in [0, 0.1) is 12.3 Å². The summed E-state index contributed by atoms with van der Waals surface area (Å²) in [5.41, 5.74) is 1.21. The Morgan fingerprint density at radius 3 is 2.62 bits per heavy atom. The van der Waals surface area contributed by atoms with Crippen LogP contribution in [0.2, 0.25) is 5.02 Å². The van der Waals surface area contributed by atoms with Crippen molar-refractivity contribution in [3.63, 3.8) is 0 Å². The lowest BCUT2D eigenvalue weighted by molar-refractivity contribution is 0.929. The lowest BCUT2D eigenvalue weighted by atomic mass is 9.97. The van der Waals surface area contributed by atoms with Gasteiger partial charge in [0, 0.05) is 4.47 Å². The Balaban J connectivity index is 2.44. The zero-order chi connectivity index (χ0) is 9.47. The SMILES string of the molecule is C#CC1(c2ccc(Cl)c(Br)c2)CC1. The summed E-state index contributed by atoms with van der Waals surface area (Å²) in [6, 6.07) is 5.92. The summed E-state index contributed by atoms with van der Waals surface area (Å²) in [5.74, 6) is 2.85. The summed E-state index contributed by atoms with van der Waals surface area (Å²) in [7, 11) is 0. The third kappa shape index (κ3) is 1.49. The van der Waals surface area contributed by atoms with Crippen molar-refractivity contribution >= 4 is 27.5 Å². The normalized spacial score (nSPS) is 17.9. The first-order valence-electron chi connectivity index (χ1n) is 4.11. The molecule has 0 aromatic heterocycles. The standard InChI is InChI=1S/C11H8BrCl/c1-2-11(5-6-11)8-3-4-10(13)9(12)7-8/h1,3-4,7H,5-6H2. The average Bonchev–Trinajstić information content (AvgIpc) is 2.90. The second kappa shape index (κ2) is 3.04. The van der Waals surface area contributed by atoms with E-state index < -0.39 is 0 Å². The fourth-order valence-electron chi connectivity index (χ4n) is 1.44. The maximum Gasteiger partial charge on any atom is 0.0561 e. The lowest BCUT2D eigenvalue weighted by Crippen LogP contribution is -2.01. The van der Waals surface area contributed by atoms with E-state index in [2.05, 4.69) is 21.9 Å². The van der Waals surface area contributed by atoms with Crippen LogP contribution in [0.25, 0.3) is 0 Å². The molecule has 0 bridgehead atoms. The van der Waals surface area contributed by atoms with Crippen molar-refractivity contribution < 1.29 is 0 Å². The van der Waals surface area contributed by atoms with Gasteiger partial charge in [-0.1, -0.05) is 23.6 Å². The molecule has 0 nitrogen and oxygen atoms in total. The number of benzene rings is 1. The van der Waals surface area contributed by atoms with Crippen molar-refractivity contribution in [2.75, 3.05) is 0 Å². The Bertz CT molecular complexity index is 386. The molecule has 1 aliphatic carbocycles. The largest absolute Gasteiger partial charge is 0.119 e. The van der Waals surface area contributed by atoms with Gasteiger partial charge in [-0.2, -0.15) is 0 Å². The Kier molecular flexibility index (Phi) is 2.14. The van der Waals surface area contributed by atoms with Gasteiger partial charge in [-0.05, 0) is 46.5 Å². The van der Waals surface area contributed by atoms with Gasteiger partial charge in [-0.3, -0.25) is 0 Å². The first-order valence-corrected chi connectivity index (χ1v) is 5.28. The van der Waals surface area contributed by atoms with Crippen LogP contribution >= 0.6 is 27.5 Å². The van der Waals surface area contributed by atoms with Crippen molar-refractivity contribution in [2.45, 2.75) is 18.3 Å². The topological polar surface area (TPSA) is 0 Å². The molecule has 0 atom stereocenters. The van der Waals surface area contributed by atoms with Gasteiger partial charge >= 0.3 is 0 Å². The summed E-state index contributed by atoms with van der Waals surface area (Å²) in [4.78, 5) is 0. The minimum Gasteiger partial charge on any atom is -0.119 e. The molecule has 13 heavy (non-hydrogen) atoms. The van der Waals surface area contributed by atoms with Crippen LogP contribution in [0.1, 0.15) is 18.4 Å². The van der Waals surface area contributed by atoms with Crippen molar-refractivity contribution in [2.24, 2.45) is 0 Å². The molecule has 66 valence electrons. The Morgan fingerprint density at radius 2 is 2.15 bits per heavy atom. The summed E-state index contributed by atoms with van der Waals surface area (Å²) in [6.45, 7) is 0. The minimum absolute atomic E-state index is 0.00705. The highest BCUT2D eigenvalue weighted by molar-refractivity contribution is 9.10. The molecule has 1 aromatic carbocycles. The molecule has 0 spiro atoms. The highest BCUT2D eigenvalue weighted by atomic mass is 79.9. The first-order chi connectivity index (χ1) is 6.18. The molecule has 0 aliphatic heterocycles. The zero-order valence-electron chi connectivity index (χ0n) is 6.98. The summed E-state index contributed by atoms with van der Waals surface area (Å²) in [5, 5.41) is 0.733. The van der Waals surface area contributed by atoms with Crippen molar-refractivity contribution in [3.8, 4) is 12.3 Å². The summed E-state index contributed by atoms with van der Waals surface area (Å²) in [6.07, 6.45) is 7.68. The quantitative estimate of drug-likeness (QED) is 0.670. The molecule has 0 unspecified atom stereocenters. The molecule has 1 aromatic rings. The van der Waals surface area contributed by atoms with Gasteiger partial charge in [-0.15, -0.1) is 6.42 Å². The third-order valence-electron chi connectivity index (χ3n) is 2.50. The molecule has 0 N–H and O–H groups in total. The Hall–Kier alpha value is -0.450. The van der Waals surface area contributed by atoms with E-state index in [9.17, 15) is 0 Å². The van der Waals surface area contributed by atoms with Crippen LogP contribution in [0.15, 0.2) is 22.7 Å². The van der Waals surface area contributed by atoms with Crippen molar-refractivity contribution in [3.05, 3.63) is 33.3 Å². The number of hydrogen-bond acceptors (Lipinski definition) is 0. The fourth-order valence-corrected chi connectivity index (χ4v) is 1.93. The van der Waals surface area contributed by atoms with E-state index in [0.29, 0.717) is 0 Å².